The van der Waals surface area contributed by atoms with Gasteiger partial charge in [0.15, 0.2) is 0 Å². The number of nitrogen functional groups attached to an aromatic ring is 1. The number of rotatable bonds is 6. The van der Waals surface area contributed by atoms with E-state index in [2.05, 4.69) is 15.5 Å². The lowest BCUT2D eigenvalue weighted by molar-refractivity contribution is -0.113. The number of anilines is 1. The molecule has 2 aromatic carbocycles. The lowest BCUT2D eigenvalue weighted by atomic mass is 10.3. The first-order valence-corrected chi connectivity index (χ1v) is 10.3. The van der Waals surface area contributed by atoms with Crippen LogP contribution in [-0.2, 0) is 4.79 Å². The van der Waals surface area contributed by atoms with Crippen LogP contribution in [0.4, 0.5) is 5.69 Å². The van der Waals surface area contributed by atoms with E-state index < -0.39 is 5.56 Å². The zero-order valence-corrected chi connectivity index (χ0v) is 17.1. The number of halogens is 1. The van der Waals surface area contributed by atoms with Gasteiger partial charge < -0.3 is 11.2 Å². The number of nitrogens with one attached hydrogen (secondary N) is 1. The van der Waals surface area contributed by atoms with Gasteiger partial charge in [-0.15, -0.1) is 10.2 Å². The third-order valence-corrected chi connectivity index (χ3v) is 5.83. The maximum atomic E-state index is 12.4. The average molecular weight is 434 g/mol. The summed E-state index contributed by atoms with van der Waals surface area (Å²) in [5.74, 6) is 5.47. The summed E-state index contributed by atoms with van der Waals surface area (Å²) in [6.45, 7) is 1.52. The van der Waals surface area contributed by atoms with E-state index in [1.165, 1.54) is 18.7 Å². The number of benzene rings is 2. The van der Waals surface area contributed by atoms with Gasteiger partial charge in [0.1, 0.15) is 5.69 Å². The van der Waals surface area contributed by atoms with Gasteiger partial charge in [-0.1, -0.05) is 47.3 Å². The van der Waals surface area contributed by atoms with Crippen molar-refractivity contribution < 1.29 is 4.79 Å². The van der Waals surface area contributed by atoms with Gasteiger partial charge in [-0.3, -0.25) is 9.59 Å². The number of aryl methyl sites for hydroxylation is 1. The lowest BCUT2D eigenvalue weighted by Crippen LogP contribution is -2.32. The molecule has 3 aromatic rings. The Morgan fingerprint density at radius 1 is 1.18 bits per heavy atom. The minimum absolute atomic E-state index is 0.0360. The summed E-state index contributed by atoms with van der Waals surface area (Å²) in [5, 5.41) is 11.3. The van der Waals surface area contributed by atoms with Crippen LogP contribution < -0.4 is 16.7 Å². The number of hydrogen-bond acceptors (Lipinski definition) is 7. The summed E-state index contributed by atoms with van der Waals surface area (Å²) in [7, 11) is 0. The molecule has 3 N–H and O–H groups in total. The average Bonchev–Trinajstić information content (AvgIpc) is 2.69. The predicted molar refractivity (Wildman–Crippen MR) is 113 cm³/mol. The monoisotopic (exact) mass is 433 g/mol. The maximum Gasteiger partial charge on any atom is 0.294 e. The molecule has 28 heavy (non-hydrogen) atoms. The number of nitrogens with zero attached hydrogens (tertiary/aromatic N) is 3. The van der Waals surface area contributed by atoms with Gasteiger partial charge >= 0.3 is 0 Å². The Morgan fingerprint density at radius 2 is 1.89 bits per heavy atom. The number of thioether (sulfide) groups is 1. The third-order valence-electron chi connectivity index (χ3n) is 3.55. The molecule has 1 heterocycles. The van der Waals surface area contributed by atoms with E-state index >= 15 is 0 Å². The Bertz CT molecular complexity index is 1060. The van der Waals surface area contributed by atoms with Crippen LogP contribution in [-0.4, -0.2) is 26.5 Å². The molecule has 0 saturated heterocycles. The number of amides is 1. The van der Waals surface area contributed by atoms with Crippen molar-refractivity contribution in [3.05, 3.63) is 69.6 Å². The minimum atomic E-state index is -0.442. The van der Waals surface area contributed by atoms with E-state index in [0.717, 1.165) is 26.2 Å². The summed E-state index contributed by atoms with van der Waals surface area (Å²) < 4.78 is 0.893. The van der Waals surface area contributed by atoms with Crippen molar-refractivity contribution in [3.63, 3.8) is 0 Å². The first-order chi connectivity index (χ1) is 13.4. The van der Waals surface area contributed by atoms with Crippen molar-refractivity contribution in [3.8, 4) is 0 Å². The molecular weight excluding hydrogens is 418 g/mol. The molecule has 0 aliphatic carbocycles. The predicted octanol–water partition coefficient (Wildman–Crippen LogP) is 3.20. The van der Waals surface area contributed by atoms with Crippen molar-refractivity contribution in [2.75, 3.05) is 16.9 Å². The summed E-state index contributed by atoms with van der Waals surface area (Å²) >= 11 is 8.48. The second kappa shape index (κ2) is 9.13. The number of nitrogens with two attached hydrogens (primary N) is 1. The SMILES string of the molecule is Cc1nnc(SCC(=O)Nc2ccccc2Sc2ccc(Cl)cc2)n(N)c1=O. The van der Waals surface area contributed by atoms with Crippen LogP contribution in [0.2, 0.25) is 5.02 Å². The molecule has 0 aliphatic rings. The highest BCUT2D eigenvalue weighted by molar-refractivity contribution is 8.00. The molecule has 7 nitrogen and oxygen atoms in total. The molecule has 0 unspecified atom stereocenters. The van der Waals surface area contributed by atoms with E-state index in [1.807, 2.05) is 48.5 Å². The standard InChI is InChI=1S/C18H16ClN5O2S2/c1-11-17(26)24(20)18(23-22-11)27-10-16(25)21-14-4-2-3-5-15(14)28-13-8-6-12(19)7-9-13/h2-9H,10,20H2,1H3,(H,21,25). The topological polar surface area (TPSA) is 103 Å². The second-order valence-corrected chi connectivity index (χ2v) is 8.13. The van der Waals surface area contributed by atoms with E-state index in [1.54, 1.807) is 0 Å². The fourth-order valence-electron chi connectivity index (χ4n) is 2.17. The Labute approximate surface area is 174 Å². The van der Waals surface area contributed by atoms with Gasteiger partial charge in [-0.25, -0.2) is 0 Å². The Kier molecular flexibility index (Phi) is 6.61. The number of carbonyl (C=O) groups excluding carboxylic acids is 1. The van der Waals surface area contributed by atoms with Gasteiger partial charge in [-0.05, 0) is 43.3 Å². The van der Waals surface area contributed by atoms with E-state index in [0.29, 0.717) is 10.7 Å². The first kappa shape index (κ1) is 20.2. The molecule has 0 radical (unpaired) electrons. The van der Waals surface area contributed by atoms with Crippen LogP contribution in [0, 0.1) is 6.92 Å². The van der Waals surface area contributed by atoms with Gasteiger partial charge in [0.2, 0.25) is 11.1 Å². The number of carbonyl (C=O) groups is 1. The quantitative estimate of drug-likeness (QED) is 0.454. The molecule has 0 saturated carbocycles. The number of para-hydroxylation sites is 1. The highest BCUT2D eigenvalue weighted by atomic mass is 35.5. The van der Waals surface area contributed by atoms with Crippen LogP contribution in [0.5, 0.6) is 0 Å². The third kappa shape index (κ3) is 5.06. The molecule has 1 aromatic heterocycles. The zero-order chi connectivity index (χ0) is 20.1. The molecule has 0 atom stereocenters. The van der Waals surface area contributed by atoms with Crippen LogP contribution in [0.1, 0.15) is 5.69 Å². The summed E-state index contributed by atoms with van der Waals surface area (Å²) in [5.41, 5.74) is 0.445. The van der Waals surface area contributed by atoms with Gasteiger partial charge in [0.05, 0.1) is 11.4 Å². The largest absolute Gasteiger partial charge is 0.334 e. The molecule has 0 fully saturated rings. The van der Waals surface area contributed by atoms with Crippen LogP contribution in [0.25, 0.3) is 0 Å². The molecule has 3 rings (SSSR count). The minimum Gasteiger partial charge on any atom is -0.334 e. The molecule has 10 heteroatoms. The molecule has 144 valence electrons. The van der Waals surface area contributed by atoms with Gasteiger partial charge in [0.25, 0.3) is 5.56 Å². The van der Waals surface area contributed by atoms with Crippen molar-refractivity contribution in [1.29, 1.82) is 0 Å². The number of aromatic nitrogens is 3. The number of hydrogen-bond donors (Lipinski definition) is 2. The molecular formula is C18H16ClN5O2S2. The van der Waals surface area contributed by atoms with Crippen molar-refractivity contribution in [2.45, 2.75) is 21.9 Å². The van der Waals surface area contributed by atoms with Crippen molar-refractivity contribution >= 4 is 46.7 Å². The Hall–Kier alpha value is -2.49. The van der Waals surface area contributed by atoms with Crippen LogP contribution >= 0.6 is 35.1 Å². The molecule has 0 aliphatic heterocycles. The first-order valence-electron chi connectivity index (χ1n) is 8.10. The highest BCUT2D eigenvalue weighted by Gasteiger charge is 2.12. The van der Waals surface area contributed by atoms with E-state index in [-0.39, 0.29) is 22.5 Å². The summed E-state index contributed by atoms with van der Waals surface area (Å²) in [6.07, 6.45) is 0. The van der Waals surface area contributed by atoms with Crippen LogP contribution in [0.15, 0.2) is 68.3 Å². The highest BCUT2D eigenvalue weighted by Crippen LogP contribution is 2.34. The van der Waals surface area contributed by atoms with Crippen molar-refractivity contribution in [2.24, 2.45) is 0 Å². The van der Waals surface area contributed by atoms with E-state index in [9.17, 15) is 9.59 Å². The van der Waals surface area contributed by atoms with Crippen molar-refractivity contribution in [1.82, 2.24) is 14.9 Å². The zero-order valence-electron chi connectivity index (χ0n) is 14.8. The fourth-order valence-corrected chi connectivity index (χ4v) is 3.85. The Balaban J connectivity index is 1.67. The molecule has 1 amide bonds. The van der Waals surface area contributed by atoms with Crippen LogP contribution in [0.3, 0.4) is 0 Å². The summed E-state index contributed by atoms with van der Waals surface area (Å²) in [4.78, 5) is 26.0. The van der Waals surface area contributed by atoms with Gasteiger partial charge in [-0.2, -0.15) is 4.68 Å². The maximum absolute atomic E-state index is 12.4. The summed E-state index contributed by atoms with van der Waals surface area (Å²) in [6, 6.07) is 15.0. The van der Waals surface area contributed by atoms with Gasteiger partial charge in [0, 0.05) is 14.8 Å². The fraction of sp³-hybridized carbons (Fsp3) is 0.111. The molecule has 0 bridgehead atoms. The smallest absolute Gasteiger partial charge is 0.294 e. The lowest BCUT2D eigenvalue weighted by Gasteiger charge is -2.11. The van der Waals surface area contributed by atoms with E-state index in [4.69, 9.17) is 17.4 Å². The normalized spacial score (nSPS) is 10.6. The Morgan fingerprint density at radius 3 is 2.64 bits per heavy atom. The second-order valence-electron chi connectivity index (χ2n) is 5.63. The molecule has 0 spiro atoms.